The van der Waals surface area contributed by atoms with Crippen LogP contribution in [0.3, 0.4) is 0 Å². The lowest BCUT2D eigenvalue weighted by molar-refractivity contribution is -0.133. The third-order valence-corrected chi connectivity index (χ3v) is 8.02. The van der Waals surface area contributed by atoms with E-state index in [0.717, 1.165) is 38.2 Å². The maximum atomic E-state index is 12.7. The molecule has 12 heteroatoms. The fraction of sp³-hybridized carbons (Fsp3) is 0.333. The summed E-state index contributed by atoms with van der Waals surface area (Å²) in [5.74, 6) is 2.96. The molecule has 2 aromatic heterocycles. The largest absolute Gasteiger partial charge is 0.493 e. The van der Waals surface area contributed by atoms with Gasteiger partial charge in [0.1, 0.15) is 11.3 Å². The number of hydrogen-bond acceptors (Lipinski definition) is 10. The van der Waals surface area contributed by atoms with Gasteiger partial charge in [0.2, 0.25) is 5.95 Å². The van der Waals surface area contributed by atoms with Crippen LogP contribution >= 0.6 is 27.3 Å². The Morgan fingerprint density at radius 3 is 2.44 bits per heavy atom. The first kappa shape index (κ1) is 26.9. The summed E-state index contributed by atoms with van der Waals surface area (Å²) < 4.78 is 17.4. The van der Waals surface area contributed by atoms with E-state index in [0.29, 0.717) is 49.2 Å². The predicted octanol–water partition coefficient (Wildman–Crippen LogP) is 3.96. The van der Waals surface area contributed by atoms with Gasteiger partial charge >= 0.3 is 0 Å². The maximum Gasteiger partial charge on any atom is 0.260 e. The highest BCUT2D eigenvalue weighted by atomic mass is 79.9. The van der Waals surface area contributed by atoms with Gasteiger partial charge in [-0.2, -0.15) is 4.98 Å². The van der Waals surface area contributed by atoms with E-state index in [2.05, 4.69) is 30.8 Å². The van der Waals surface area contributed by atoms with Crippen molar-refractivity contribution >= 4 is 55.3 Å². The molecule has 0 unspecified atom stereocenters. The lowest BCUT2D eigenvalue weighted by atomic mass is 10.1. The molecule has 2 aromatic carbocycles. The predicted molar refractivity (Wildman–Crippen MR) is 155 cm³/mol. The number of ether oxygens (including phenoxy) is 3. The number of piperazine rings is 1. The Kier molecular flexibility index (Phi) is 8.32. The summed E-state index contributed by atoms with van der Waals surface area (Å²) in [5, 5.41) is 0.958. The molecule has 0 aliphatic carbocycles. The molecule has 1 aliphatic heterocycles. The second-order valence-electron chi connectivity index (χ2n) is 8.97. The molecule has 204 valence electrons. The molecular formula is C27H29BrN6O4S. The van der Waals surface area contributed by atoms with Gasteiger partial charge in [0.15, 0.2) is 28.8 Å². The van der Waals surface area contributed by atoms with Crippen molar-refractivity contribution in [3.05, 3.63) is 57.5 Å². The van der Waals surface area contributed by atoms with Gasteiger partial charge in [-0.3, -0.25) is 4.79 Å². The summed E-state index contributed by atoms with van der Waals surface area (Å²) in [6.45, 7) is 2.36. The van der Waals surface area contributed by atoms with Gasteiger partial charge in [0.25, 0.3) is 5.91 Å². The zero-order chi connectivity index (χ0) is 27.4. The summed E-state index contributed by atoms with van der Waals surface area (Å²) in [6.07, 6.45) is 1.54. The number of carbonyl (C=O) groups is 1. The Balaban J connectivity index is 1.22. The van der Waals surface area contributed by atoms with E-state index in [1.54, 1.807) is 14.2 Å². The van der Waals surface area contributed by atoms with E-state index in [1.807, 2.05) is 47.4 Å². The summed E-state index contributed by atoms with van der Waals surface area (Å²) in [6, 6.07) is 13.3. The van der Waals surface area contributed by atoms with Crippen LogP contribution in [0.4, 0.5) is 11.8 Å². The Labute approximate surface area is 238 Å². The van der Waals surface area contributed by atoms with Crippen LogP contribution in [0.1, 0.15) is 10.6 Å². The Morgan fingerprint density at radius 2 is 1.72 bits per heavy atom. The van der Waals surface area contributed by atoms with Crippen molar-refractivity contribution in [1.29, 1.82) is 0 Å². The van der Waals surface area contributed by atoms with Crippen molar-refractivity contribution in [1.82, 2.24) is 19.9 Å². The maximum absolute atomic E-state index is 12.7. The molecular weight excluding hydrogens is 584 g/mol. The molecule has 39 heavy (non-hydrogen) atoms. The molecule has 0 bridgehead atoms. The third-order valence-electron chi connectivity index (χ3n) is 6.49. The van der Waals surface area contributed by atoms with E-state index < -0.39 is 0 Å². The number of anilines is 2. The Morgan fingerprint density at radius 1 is 0.974 bits per heavy atom. The quantitative estimate of drug-likeness (QED) is 0.300. The number of hydrogen-bond donors (Lipinski definition) is 1. The average Bonchev–Trinajstić information content (AvgIpc) is 3.37. The van der Waals surface area contributed by atoms with Crippen molar-refractivity contribution in [2.75, 3.05) is 57.6 Å². The number of nitrogen functional groups attached to an aromatic ring is 1. The summed E-state index contributed by atoms with van der Waals surface area (Å²) in [4.78, 5) is 31.3. The van der Waals surface area contributed by atoms with E-state index >= 15 is 0 Å². The summed E-state index contributed by atoms with van der Waals surface area (Å²) in [5.41, 5.74) is 7.94. The van der Waals surface area contributed by atoms with E-state index in [4.69, 9.17) is 24.9 Å². The number of nitrogens with two attached hydrogens (primary N) is 1. The number of benzene rings is 2. The van der Waals surface area contributed by atoms with Crippen molar-refractivity contribution in [2.24, 2.45) is 0 Å². The molecule has 1 saturated heterocycles. The van der Waals surface area contributed by atoms with Gasteiger partial charge in [0.05, 0.1) is 19.2 Å². The lowest BCUT2D eigenvalue weighted by Crippen LogP contribution is -2.50. The second kappa shape index (κ2) is 12.0. The standard InChI is InChI=1S/C27H29BrN6O4S/c1-36-20-9-3-17(15-21(20)37-2)4-10-22-30-24-25(31-27(29)32-26(24)39-22)34-13-11-33(12-14-34)23(35)16-38-19-7-5-18(28)6-8-19/h3,5-9,15H,4,10-14,16H2,1-2H3,(H2,29,31,32). The first-order valence-electron chi connectivity index (χ1n) is 12.5. The lowest BCUT2D eigenvalue weighted by Gasteiger charge is -2.35. The molecule has 4 aromatic rings. The highest BCUT2D eigenvalue weighted by Crippen LogP contribution is 2.31. The van der Waals surface area contributed by atoms with Crippen LogP contribution in [0.15, 0.2) is 46.9 Å². The van der Waals surface area contributed by atoms with E-state index in [1.165, 1.54) is 11.3 Å². The Hall–Kier alpha value is -3.64. The van der Waals surface area contributed by atoms with Crippen LogP contribution in [0.5, 0.6) is 17.2 Å². The van der Waals surface area contributed by atoms with Crippen LogP contribution in [0.2, 0.25) is 0 Å². The minimum atomic E-state index is -0.0453. The van der Waals surface area contributed by atoms with Crippen LogP contribution in [0, 0.1) is 0 Å². The molecule has 2 N–H and O–H groups in total. The number of thiazole rings is 1. The van der Waals surface area contributed by atoms with Gasteiger partial charge in [0, 0.05) is 37.1 Å². The Bertz CT molecular complexity index is 1460. The monoisotopic (exact) mass is 612 g/mol. The van der Waals surface area contributed by atoms with Gasteiger partial charge in [-0.1, -0.05) is 33.3 Å². The number of aromatic nitrogens is 3. The van der Waals surface area contributed by atoms with Crippen LogP contribution in [-0.4, -0.2) is 72.8 Å². The number of rotatable bonds is 9. The number of methoxy groups -OCH3 is 2. The highest BCUT2D eigenvalue weighted by Gasteiger charge is 2.25. The number of amides is 1. The molecule has 1 amide bonds. The second-order valence-corrected chi connectivity index (χ2v) is 10.9. The van der Waals surface area contributed by atoms with Crippen molar-refractivity contribution in [3.8, 4) is 17.2 Å². The first-order chi connectivity index (χ1) is 18.9. The zero-order valence-electron chi connectivity index (χ0n) is 21.7. The molecule has 10 nitrogen and oxygen atoms in total. The van der Waals surface area contributed by atoms with Gasteiger partial charge in [-0.05, 0) is 48.4 Å². The summed E-state index contributed by atoms with van der Waals surface area (Å²) >= 11 is 4.92. The summed E-state index contributed by atoms with van der Waals surface area (Å²) in [7, 11) is 3.26. The molecule has 0 radical (unpaired) electrons. The van der Waals surface area contributed by atoms with E-state index in [-0.39, 0.29) is 18.5 Å². The molecule has 3 heterocycles. The van der Waals surface area contributed by atoms with Gasteiger partial charge < -0.3 is 29.7 Å². The van der Waals surface area contributed by atoms with Crippen molar-refractivity contribution in [3.63, 3.8) is 0 Å². The van der Waals surface area contributed by atoms with Crippen LogP contribution in [0.25, 0.3) is 10.3 Å². The number of fused-ring (bicyclic) bond motifs is 1. The number of halogens is 1. The smallest absolute Gasteiger partial charge is 0.260 e. The number of aryl methyl sites for hydroxylation is 2. The molecule has 0 saturated carbocycles. The molecule has 0 atom stereocenters. The normalized spacial score (nSPS) is 13.5. The first-order valence-corrected chi connectivity index (χ1v) is 14.1. The third kappa shape index (κ3) is 6.34. The number of nitrogens with zero attached hydrogens (tertiary/aromatic N) is 5. The van der Waals surface area contributed by atoms with Gasteiger partial charge in [-0.25, -0.2) is 9.97 Å². The average molecular weight is 614 g/mol. The minimum absolute atomic E-state index is 0.00183. The highest BCUT2D eigenvalue weighted by molar-refractivity contribution is 9.10. The number of carbonyl (C=O) groups excluding carboxylic acids is 1. The molecule has 1 aliphatic rings. The van der Waals surface area contributed by atoms with Crippen LogP contribution < -0.4 is 24.8 Å². The van der Waals surface area contributed by atoms with Crippen LogP contribution in [-0.2, 0) is 17.6 Å². The van der Waals surface area contributed by atoms with Gasteiger partial charge in [-0.15, -0.1) is 0 Å². The SMILES string of the molecule is COc1ccc(CCc2nc3c(N4CCN(C(=O)COc5ccc(Br)cc5)CC4)nc(N)nc3s2)cc1OC. The topological polar surface area (TPSA) is 116 Å². The minimum Gasteiger partial charge on any atom is -0.493 e. The molecule has 1 fully saturated rings. The fourth-order valence-corrected chi connectivity index (χ4v) is 5.62. The van der Waals surface area contributed by atoms with E-state index in [9.17, 15) is 4.79 Å². The molecule has 0 spiro atoms. The molecule has 5 rings (SSSR count). The zero-order valence-corrected chi connectivity index (χ0v) is 24.1. The van der Waals surface area contributed by atoms with Crippen molar-refractivity contribution in [2.45, 2.75) is 12.8 Å². The van der Waals surface area contributed by atoms with Crippen molar-refractivity contribution < 1.29 is 19.0 Å². The fourth-order valence-electron chi connectivity index (χ4n) is 4.42.